The lowest BCUT2D eigenvalue weighted by molar-refractivity contribution is 0.225. The van der Waals surface area contributed by atoms with E-state index in [9.17, 15) is 5.11 Å². The Kier molecular flexibility index (Phi) is 7.56. The summed E-state index contributed by atoms with van der Waals surface area (Å²) in [5.74, 6) is 0.457. The van der Waals surface area contributed by atoms with Crippen molar-refractivity contribution in [2.45, 2.75) is 85.1 Å². The summed E-state index contributed by atoms with van der Waals surface area (Å²) in [6.07, 6.45) is 2.25. The molecule has 0 amide bonds. The Morgan fingerprint density at radius 1 is 0.759 bits per heavy atom. The summed E-state index contributed by atoms with van der Waals surface area (Å²) < 4.78 is 0. The predicted octanol–water partition coefficient (Wildman–Crippen LogP) is 7.20. The van der Waals surface area contributed by atoms with Gasteiger partial charge in [0.1, 0.15) is 5.75 Å². The van der Waals surface area contributed by atoms with Crippen LogP contribution in [0.5, 0.6) is 5.75 Å². The van der Waals surface area contributed by atoms with Crippen molar-refractivity contribution in [1.29, 1.82) is 0 Å². The van der Waals surface area contributed by atoms with E-state index in [0.717, 1.165) is 37.1 Å². The fraction of sp³-hybridized carbons (Fsp3) is 0.556. The van der Waals surface area contributed by atoms with E-state index >= 15 is 0 Å². The summed E-state index contributed by atoms with van der Waals surface area (Å²) in [6.45, 7) is 19.7. The number of hydrogen-bond acceptors (Lipinski definition) is 2. The number of aromatic hydroxyl groups is 1. The quantitative estimate of drug-likeness (QED) is 0.536. The van der Waals surface area contributed by atoms with Crippen LogP contribution in [-0.2, 0) is 10.8 Å². The first-order valence-corrected chi connectivity index (χ1v) is 11.2. The van der Waals surface area contributed by atoms with E-state index < -0.39 is 0 Å². The molecular formula is C27H41NO. The lowest BCUT2D eigenvalue weighted by Gasteiger charge is -2.35. The molecule has 0 heterocycles. The lowest BCUT2D eigenvalue weighted by atomic mass is 9.77. The molecule has 0 bridgehead atoms. The minimum atomic E-state index is -0.123. The molecule has 2 heteroatoms. The Morgan fingerprint density at radius 2 is 1.21 bits per heavy atom. The highest BCUT2D eigenvalue weighted by atomic mass is 16.3. The number of phenols is 1. The molecule has 0 saturated heterocycles. The van der Waals surface area contributed by atoms with Gasteiger partial charge in [-0.1, -0.05) is 85.7 Å². The van der Waals surface area contributed by atoms with Crippen LogP contribution in [0.2, 0.25) is 0 Å². The molecule has 29 heavy (non-hydrogen) atoms. The van der Waals surface area contributed by atoms with Gasteiger partial charge in [-0.3, -0.25) is 4.90 Å². The van der Waals surface area contributed by atoms with Crippen LogP contribution < -0.4 is 0 Å². The van der Waals surface area contributed by atoms with Crippen LogP contribution >= 0.6 is 0 Å². The van der Waals surface area contributed by atoms with Gasteiger partial charge in [-0.05, 0) is 71.1 Å². The molecule has 0 aromatic heterocycles. The smallest absolute Gasteiger partial charge is 0.123 e. The largest absolute Gasteiger partial charge is 0.507 e. The van der Waals surface area contributed by atoms with Gasteiger partial charge in [0.05, 0.1) is 6.04 Å². The molecule has 0 aliphatic heterocycles. The summed E-state index contributed by atoms with van der Waals surface area (Å²) in [5, 5.41) is 11.2. The highest BCUT2D eigenvalue weighted by Gasteiger charge is 2.30. The molecule has 0 aliphatic rings. The molecule has 1 unspecified atom stereocenters. The molecule has 160 valence electrons. The second-order valence-electron chi connectivity index (χ2n) is 10.3. The number of phenolic OH excluding ortho intramolecular Hbond substituents is 1. The topological polar surface area (TPSA) is 23.5 Å². The molecule has 1 N–H and O–H groups in total. The maximum atomic E-state index is 11.2. The van der Waals surface area contributed by atoms with Gasteiger partial charge < -0.3 is 5.11 Å². The molecule has 2 aromatic carbocycles. The summed E-state index contributed by atoms with van der Waals surface area (Å²) in [5.41, 5.74) is 4.43. The van der Waals surface area contributed by atoms with E-state index in [1.807, 2.05) is 0 Å². The Hall–Kier alpha value is -1.80. The first-order valence-electron chi connectivity index (χ1n) is 11.2. The lowest BCUT2D eigenvalue weighted by Crippen LogP contribution is -2.32. The van der Waals surface area contributed by atoms with Crippen molar-refractivity contribution < 1.29 is 5.11 Å². The standard InChI is InChI=1S/C27H41NO/c1-9-16-28(17-10-2)24(20-14-12-11-13-15-20)21-18-22(26(3,4)5)25(29)23(19-21)27(6,7)8/h11-15,18-19,24,29H,9-10,16-17H2,1-8H3. The number of nitrogens with zero attached hydrogens (tertiary/aromatic N) is 1. The van der Waals surface area contributed by atoms with Crippen LogP contribution in [0.3, 0.4) is 0 Å². The van der Waals surface area contributed by atoms with Crippen molar-refractivity contribution >= 4 is 0 Å². The molecule has 0 fully saturated rings. The van der Waals surface area contributed by atoms with Crippen LogP contribution in [0.25, 0.3) is 0 Å². The highest BCUT2D eigenvalue weighted by molar-refractivity contribution is 5.51. The minimum Gasteiger partial charge on any atom is -0.507 e. The van der Waals surface area contributed by atoms with E-state index in [4.69, 9.17) is 0 Å². The Labute approximate surface area is 179 Å². The van der Waals surface area contributed by atoms with E-state index in [2.05, 4.69) is 103 Å². The van der Waals surface area contributed by atoms with Crippen molar-refractivity contribution in [1.82, 2.24) is 4.90 Å². The van der Waals surface area contributed by atoms with Crippen LogP contribution in [0, 0.1) is 0 Å². The zero-order valence-electron chi connectivity index (χ0n) is 19.8. The molecule has 2 aromatic rings. The second-order valence-corrected chi connectivity index (χ2v) is 10.3. The summed E-state index contributed by atoms with van der Waals surface area (Å²) in [4.78, 5) is 2.60. The van der Waals surface area contributed by atoms with Gasteiger partial charge in [-0.25, -0.2) is 0 Å². The van der Waals surface area contributed by atoms with Crippen LogP contribution in [0.1, 0.15) is 96.5 Å². The molecule has 0 radical (unpaired) electrons. The summed E-state index contributed by atoms with van der Waals surface area (Å²) in [7, 11) is 0. The van der Waals surface area contributed by atoms with Crippen LogP contribution in [0.15, 0.2) is 42.5 Å². The summed E-state index contributed by atoms with van der Waals surface area (Å²) in [6, 6.07) is 15.5. The predicted molar refractivity (Wildman–Crippen MR) is 126 cm³/mol. The average molecular weight is 396 g/mol. The molecule has 2 rings (SSSR count). The van der Waals surface area contributed by atoms with E-state index in [0.29, 0.717) is 5.75 Å². The first-order chi connectivity index (χ1) is 13.5. The van der Waals surface area contributed by atoms with Gasteiger partial charge in [0.2, 0.25) is 0 Å². The fourth-order valence-electron chi connectivity index (χ4n) is 4.15. The summed E-state index contributed by atoms with van der Waals surface area (Å²) >= 11 is 0. The van der Waals surface area contributed by atoms with E-state index in [1.54, 1.807) is 0 Å². The van der Waals surface area contributed by atoms with Crippen molar-refractivity contribution in [3.8, 4) is 5.75 Å². The molecule has 0 saturated carbocycles. The molecular weight excluding hydrogens is 354 g/mol. The number of benzene rings is 2. The van der Waals surface area contributed by atoms with Gasteiger partial charge in [-0.2, -0.15) is 0 Å². The SMILES string of the molecule is CCCN(CCC)C(c1ccccc1)c1cc(C(C)(C)C)c(O)c(C(C)(C)C)c1. The number of rotatable bonds is 7. The van der Waals surface area contributed by atoms with Crippen molar-refractivity contribution in [3.63, 3.8) is 0 Å². The van der Waals surface area contributed by atoms with Gasteiger partial charge in [0.25, 0.3) is 0 Å². The Bertz CT molecular complexity index is 739. The highest BCUT2D eigenvalue weighted by Crippen LogP contribution is 2.42. The monoisotopic (exact) mass is 395 g/mol. The van der Waals surface area contributed by atoms with Crippen molar-refractivity contribution in [2.24, 2.45) is 0 Å². The molecule has 0 aliphatic carbocycles. The second kappa shape index (κ2) is 9.34. The zero-order valence-corrected chi connectivity index (χ0v) is 19.8. The maximum absolute atomic E-state index is 11.2. The number of hydrogen-bond donors (Lipinski definition) is 1. The normalized spacial score (nSPS) is 13.7. The molecule has 1 atom stereocenters. The van der Waals surface area contributed by atoms with Crippen molar-refractivity contribution in [3.05, 3.63) is 64.7 Å². The third-order valence-electron chi connectivity index (χ3n) is 5.57. The van der Waals surface area contributed by atoms with E-state index in [-0.39, 0.29) is 16.9 Å². The third kappa shape index (κ3) is 5.63. The van der Waals surface area contributed by atoms with E-state index in [1.165, 1.54) is 11.1 Å². The molecule has 0 spiro atoms. The van der Waals surface area contributed by atoms with Crippen molar-refractivity contribution in [2.75, 3.05) is 13.1 Å². The zero-order chi connectivity index (χ0) is 21.8. The van der Waals surface area contributed by atoms with Gasteiger partial charge in [0.15, 0.2) is 0 Å². The minimum absolute atomic E-state index is 0.123. The van der Waals surface area contributed by atoms with Gasteiger partial charge >= 0.3 is 0 Å². The maximum Gasteiger partial charge on any atom is 0.123 e. The van der Waals surface area contributed by atoms with Gasteiger partial charge in [-0.15, -0.1) is 0 Å². The van der Waals surface area contributed by atoms with Crippen LogP contribution in [0.4, 0.5) is 0 Å². The fourth-order valence-corrected chi connectivity index (χ4v) is 4.15. The third-order valence-corrected chi connectivity index (χ3v) is 5.57. The Morgan fingerprint density at radius 3 is 1.59 bits per heavy atom. The van der Waals surface area contributed by atoms with Crippen LogP contribution in [-0.4, -0.2) is 23.1 Å². The molecule has 2 nitrogen and oxygen atoms in total. The Balaban J connectivity index is 2.78. The first kappa shape index (κ1) is 23.5. The average Bonchev–Trinajstić information content (AvgIpc) is 2.62. The van der Waals surface area contributed by atoms with Gasteiger partial charge in [0, 0.05) is 0 Å².